The van der Waals surface area contributed by atoms with E-state index in [1.165, 1.54) is 292 Å². The van der Waals surface area contributed by atoms with Gasteiger partial charge < -0.3 is 8.97 Å². The summed E-state index contributed by atoms with van der Waals surface area (Å²) >= 11 is 0. The quantitative estimate of drug-likeness (QED) is 0.0343. The normalized spacial score (nSPS) is 16.9. The van der Waals surface area contributed by atoms with Gasteiger partial charge in [0.25, 0.3) is 0 Å². The van der Waals surface area contributed by atoms with Gasteiger partial charge in [0.2, 0.25) is 0 Å². The van der Waals surface area contributed by atoms with Gasteiger partial charge in [-0.2, -0.15) is 0 Å². The number of unbranched alkanes of at least 4 members (excludes halogenated alkanes) is 30. The Morgan fingerprint density at radius 2 is 0.481 bits per heavy atom. The van der Waals surface area contributed by atoms with Crippen molar-refractivity contribution < 1.29 is 8.97 Å². The maximum atomic E-state index is 3.84. The summed E-state index contributed by atoms with van der Waals surface area (Å²) in [6, 6.07) is 0. The van der Waals surface area contributed by atoms with E-state index in [4.69, 9.17) is 0 Å². The molecule has 0 bridgehead atoms. The Hall–Kier alpha value is -0.520. The van der Waals surface area contributed by atoms with Crippen LogP contribution in [0.4, 0.5) is 0 Å². The summed E-state index contributed by atoms with van der Waals surface area (Å²) in [5, 5.41) is 0. The molecule has 0 aromatic carbocycles. The lowest BCUT2D eigenvalue weighted by Gasteiger charge is -2.41. The van der Waals surface area contributed by atoms with Crippen molar-refractivity contribution in [3.05, 3.63) is 0 Å². The highest BCUT2D eigenvalue weighted by Gasteiger charge is 2.30. The molecule has 0 saturated carbocycles. The molecule has 0 radical (unpaired) electrons. The molecule has 0 spiro atoms. The van der Waals surface area contributed by atoms with Gasteiger partial charge in [0.05, 0.1) is 39.3 Å². The average molecular weight is 727 g/mol. The predicted octanol–water partition coefficient (Wildman–Crippen LogP) is 15.5. The van der Waals surface area contributed by atoms with Crippen molar-refractivity contribution in [2.75, 3.05) is 52.4 Å². The number of hydrogen-bond acceptors (Lipinski definition) is 0. The first-order valence-corrected chi connectivity index (χ1v) is 24.9. The van der Waals surface area contributed by atoms with Crippen molar-refractivity contribution in [2.45, 2.75) is 258 Å². The molecule has 0 aromatic heterocycles. The number of rotatable bonds is 36. The number of hydrogen-bond donors (Lipinski definition) is 0. The van der Waals surface area contributed by atoms with Crippen molar-refractivity contribution in [1.29, 1.82) is 0 Å². The molecule has 2 fully saturated rings. The highest BCUT2D eigenvalue weighted by atomic mass is 15.4. The molecule has 0 N–H and O–H groups in total. The minimum Gasteiger partial charge on any atom is -0.314 e. The molecule has 306 valence electrons. The monoisotopic (exact) mass is 727 g/mol. The Labute approximate surface area is 330 Å². The Morgan fingerprint density at radius 3 is 0.712 bits per heavy atom. The zero-order valence-corrected chi connectivity index (χ0v) is 36.4. The molecule has 52 heavy (non-hydrogen) atoms. The van der Waals surface area contributed by atoms with Crippen LogP contribution in [-0.2, 0) is 0 Å². The summed E-state index contributed by atoms with van der Waals surface area (Å²) in [7, 11) is 0. The lowest BCUT2D eigenvalue weighted by Crippen LogP contribution is -2.53. The van der Waals surface area contributed by atoms with Gasteiger partial charge in [0, 0.05) is 0 Å². The van der Waals surface area contributed by atoms with Crippen LogP contribution in [0.1, 0.15) is 258 Å². The van der Waals surface area contributed by atoms with Gasteiger partial charge in [-0.25, -0.2) is 0 Å². The third-order valence-electron chi connectivity index (χ3n) is 13.5. The lowest BCUT2D eigenvalue weighted by atomic mass is 10.0. The number of nitrogens with zero attached hydrogens (tertiary/aromatic N) is 2. The first-order chi connectivity index (χ1) is 25.7. The molecule has 0 amide bonds. The smallest absolute Gasteiger partial charge is 0.141 e. The van der Waals surface area contributed by atoms with Crippen LogP contribution >= 0.6 is 0 Å². The fraction of sp³-hybridized carbons (Fsp3) is 0.960. The zero-order valence-electron chi connectivity index (χ0n) is 36.4. The van der Waals surface area contributed by atoms with Crippen LogP contribution in [0.15, 0.2) is 0 Å². The second-order valence-electron chi connectivity index (χ2n) is 18.4. The molecule has 2 nitrogen and oxygen atoms in total. The molecule has 2 heterocycles. The van der Waals surface area contributed by atoms with Gasteiger partial charge in [0.1, 0.15) is 13.1 Å². The molecule has 2 heteroatoms. The molecule has 0 aromatic rings. The number of piperidine rings is 2. The van der Waals surface area contributed by atoms with Crippen molar-refractivity contribution in [3.8, 4) is 11.8 Å². The van der Waals surface area contributed by atoms with E-state index in [-0.39, 0.29) is 0 Å². The third-order valence-corrected chi connectivity index (χ3v) is 13.5. The predicted molar refractivity (Wildman–Crippen MR) is 234 cm³/mol. The van der Waals surface area contributed by atoms with Crippen LogP contribution in [0.2, 0.25) is 0 Å². The second kappa shape index (κ2) is 34.9. The van der Waals surface area contributed by atoms with E-state index in [9.17, 15) is 0 Å². The van der Waals surface area contributed by atoms with E-state index in [0.717, 1.165) is 13.1 Å². The molecule has 2 rings (SSSR count). The van der Waals surface area contributed by atoms with E-state index in [0.29, 0.717) is 0 Å². The lowest BCUT2D eigenvalue weighted by molar-refractivity contribution is -0.927. The van der Waals surface area contributed by atoms with E-state index in [2.05, 4.69) is 25.7 Å². The van der Waals surface area contributed by atoms with Crippen molar-refractivity contribution >= 4 is 0 Å². The van der Waals surface area contributed by atoms with Crippen LogP contribution in [-0.4, -0.2) is 61.3 Å². The Balaban J connectivity index is 1.52. The van der Waals surface area contributed by atoms with E-state index >= 15 is 0 Å². The van der Waals surface area contributed by atoms with Crippen molar-refractivity contribution in [1.82, 2.24) is 0 Å². The van der Waals surface area contributed by atoms with Gasteiger partial charge >= 0.3 is 0 Å². The van der Waals surface area contributed by atoms with Crippen LogP contribution in [0, 0.1) is 11.8 Å². The molecule has 0 aliphatic carbocycles. The molecule has 0 atom stereocenters. The van der Waals surface area contributed by atoms with Crippen LogP contribution in [0.3, 0.4) is 0 Å². The molecule has 2 aliphatic rings. The van der Waals surface area contributed by atoms with Crippen molar-refractivity contribution in [3.63, 3.8) is 0 Å². The topological polar surface area (TPSA) is 0 Å². The Morgan fingerprint density at radius 1 is 0.269 bits per heavy atom. The minimum absolute atomic E-state index is 1.14. The molecule has 2 saturated heterocycles. The summed E-state index contributed by atoms with van der Waals surface area (Å²) in [6.45, 7) is 15.3. The van der Waals surface area contributed by atoms with E-state index in [1.807, 2.05) is 0 Å². The van der Waals surface area contributed by atoms with Crippen LogP contribution in [0.25, 0.3) is 0 Å². The standard InChI is InChI=1S/C50H98N2/c1-3-5-7-9-11-13-15-17-19-21-23-25-27-29-31-35-43-51(45-37-33-38-46-51)49-41-42-50-52(47-39-34-40-48-52)44-36-32-30-28-26-24-22-20-18-16-14-12-10-8-6-4-2/h3-40,43-50H2,1-2H3/q+2. The molecular weight excluding hydrogens is 629 g/mol. The number of quaternary nitrogens is 2. The van der Waals surface area contributed by atoms with Crippen LogP contribution in [0.5, 0.6) is 0 Å². The Bertz CT molecular complexity index is 731. The Kier molecular flexibility index (Phi) is 32.0. The summed E-state index contributed by atoms with van der Waals surface area (Å²) in [4.78, 5) is 0. The van der Waals surface area contributed by atoms with Crippen molar-refractivity contribution in [2.24, 2.45) is 0 Å². The van der Waals surface area contributed by atoms with Gasteiger partial charge in [-0.15, -0.1) is 0 Å². The fourth-order valence-corrected chi connectivity index (χ4v) is 9.73. The summed E-state index contributed by atoms with van der Waals surface area (Å²) in [6.07, 6.45) is 55.4. The van der Waals surface area contributed by atoms with Gasteiger partial charge in [-0.05, 0) is 76.0 Å². The first-order valence-electron chi connectivity index (χ1n) is 24.9. The van der Waals surface area contributed by atoms with Crippen LogP contribution < -0.4 is 0 Å². The maximum absolute atomic E-state index is 3.84. The van der Waals surface area contributed by atoms with Gasteiger partial charge in [0.15, 0.2) is 0 Å². The highest BCUT2D eigenvalue weighted by molar-refractivity contribution is 5.00. The van der Waals surface area contributed by atoms with Gasteiger partial charge in [-0.3, -0.25) is 0 Å². The van der Waals surface area contributed by atoms with E-state index < -0.39 is 0 Å². The fourth-order valence-electron chi connectivity index (χ4n) is 9.73. The highest BCUT2D eigenvalue weighted by Crippen LogP contribution is 2.23. The largest absolute Gasteiger partial charge is 0.314 e. The summed E-state index contributed by atoms with van der Waals surface area (Å²) in [5.41, 5.74) is 0. The minimum atomic E-state index is 1.14. The number of likely N-dealkylation sites (tertiary alicyclic amines) is 2. The maximum Gasteiger partial charge on any atom is 0.141 e. The summed E-state index contributed by atoms with van der Waals surface area (Å²) < 4.78 is 2.65. The zero-order chi connectivity index (χ0) is 36.9. The second-order valence-corrected chi connectivity index (χ2v) is 18.4. The summed E-state index contributed by atoms with van der Waals surface area (Å²) in [5.74, 6) is 7.67. The molecular formula is C50H98N2+2. The molecule has 0 unspecified atom stereocenters. The van der Waals surface area contributed by atoms with Gasteiger partial charge in [-0.1, -0.05) is 194 Å². The molecule has 2 aliphatic heterocycles. The first kappa shape index (κ1) is 47.6. The third kappa shape index (κ3) is 26.3. The average Bonchev–Trinajstić information content (AvgIpc) is 3.17. The SMILES string of the molecule is CCCCCCCCCCCCCCCCCC[N+]1(CC#CC[N+]2(CCCCCCCCCCCCCCCCCC)CCCCC2)CCCCC1. The van der Waals surface area contributed by atoms with E-state index in [1.54, 1.807) is 0 Å².